The number of ether oxygens (including phenoxy) is 2. The van der Waals surface area contributed by atoms with Crippen LogP contribution in [0, 0.1) is 6.92 Å². The SMILES string of the molecule is COc1ccc(-c2oc3cc(C)c(Cl)cc3c(=O)c2Cl)cc1OC. The molecule has 0 unspecified atom stereocenters. The average molecular weight is 365 g/mol. The van der Waals surface area contributed by atoms with Gasteiger partial charge in [0.25, 0.3) is 0 Å². The van der Waals surface area contributed by atoms with E-state index in [4.69, 9.17) is 37.1 Å². The van der Waals surface area contributed by atoms with Crippen LogP contribution in [0.3, 0.4) is 0 Å². The quantitative estimate of drug-likeness (QED) is 0.649. The smallest absolute Gasteiger partial charge is 0.211 e. The Kier molecular flexibility index (Phi) is 4.43. The summed E-state index contributed by atoms with van der Waals surface area (Å²) >= 11 is 12.3. The molecule has 0 saturated carbocycles. The van der Waals surface area contributed by atoms with E-state index in [1.165, 1.54) is 7.11 Å². The fourth-order valence-corrected chi connectivity index (χ4v) is 2.87. The standard InChI is InChI=1S/C18H14Cl2O4/c1-9-6-14-11(8-12(9)19)17(21)16(20)18(24-14)10-4-5-13(22-2)15(7-10)23-3/h4-8H,1-3H3. The summed E-state index contributed by atoms with van der Waals surface area (Å²) in [7, 11) is 3.08. The van der Waals surface area contributed by atoms with Gasteiger partial charge in [0.15, 0.2) is 17.3 Å². The van der Waals surface area contributed by atoms with E-state index in [1.807, 2.05) is 6.92 Å². The van der Waals surface area contributed by atoms with Crippen LogP contribution in [0.5, 0.6) is 11.5 Å². The van der Waals surface area contributed by atoms with Gasteiger partial charge in [-0.1, -0.05) is 23.2 Å². The topological polar surface area (TPSA) is 48.7 Å². The summed E-state index contributed by atoms with van der Waals surface area (Å²) in [5, 5.41) is 0.833. The fourth-order valence-electron chi connectivity index (χ4n) is 2.46. The molecule has 0 amide bonds. The molecule has 0 radical (unpaired) electrons. The first-order chi connectivity index (χ1) is 11.5. The van der Waals surface area contributed by atoms with Crippen molar-refractivity contribution in [2.24, 2.45) is 0 Å². The molecule has 0 aliphatic rings. The predicted molar refractivity (Wildman–Crippen MR) is 95.8 cm³/mol. The minimum absolute atomic E-state index is 0.00496. The zero-order chi connectivity index (χ0) is 17.4. The molecule has 24 heavy (non-hydrogen) atoms. The van der Waals surface area contributed by atoms with E-state index >= 15 is 0 Å². The Balaban J connectivity index is 2.29. The highest BCUT2D eigenvalue weighted by atomic mass is 35.5. The highest BCUT2D eigenvalue weighted by Crippen LogP contribution is 2.36. The Labute approximate surface area is 148 Å². The van der Waals surface area contributed by atoms with Crippen LogP contribution in [0.15, 0.2) is 39.5 Å². The lowest BCUT2D eigenvalue weighted by atomic mass is 10.1. The minimum Gasteiger partial charge on any atom is -0.493 e. The van der Waals surface area contributed by atoms with Gasteiger partial charge >= 0.3 is 0 Å². The number of hydrogen-bond acceptors (Lipinski definition) is 4. The van der Waals surface area contributed by atoms with Gasteiger partial charge in [0.05, 0.1) is 19.6 Å². The van der Waals surface area contributed by atoms with Crippen LogP contribution in [-0.2, 0) is 0 Å². The molecular weight excluding hydrogens is 351 g/mol. The molecule has 4 nitrogen and oxygen atoms in total. The Hall–Kier alpha value is -2.17. The van der Waals surface area contributed by atoms with E-state index in [0.717, 1.165) is 5.56 Å². The van der Waals surface area contributed by atoms with Gasteiger partial charge in [-0.15, -0.1) is 0 Å². The average Bonchev–Trinajstić information content (AvgIpc) is 2.59. The third-order valence-corrected chi connectivity index (χ3v) is 4.51. The Morgan fingerprint density at radius 1 is 1.00 bits per heavy atom. The lowest BCUT2D eigenvalue weighted by Gasteiger charge is -2.11. The number of fused-ring (bicyclic) bond motifs is 1. The number of hydrogen-bond donors (Lipinski definition) is 0. The van der Waals surface area contributed by atoms with Crippen LogP contribution in [0.4, 0.5) is 0 Å². The second kappa shape index (κ2) is 6.38. The molecule has 0 spiro atoms. The summed E-state index contributed by atoms with van der Waals surface area (Å²) in [6.07, 6.45) is 0. The van der Waals surface area contributed by atoms with Gasteiger partial charge in [-0.05, 0) is 42.8 Å². The van der Waals surface area contributed by atoms with Crippen molar-refractivity contribution in [2.45, 2.75) is 6.92 Å². The summed E-state index contributed by atoms with van der Waals surface area (Å²) in [4.78, 5) is 12.6. The number of methoxy groups -OCH3 is 2. The van der Waals surface area contributed by atoms with Gasteiger partial charge in [0.2, 0.25) is 5.43 Å². The number of aryl methyl sites for hydroxylation is 1. The van der Waals surface area contributed by atoms with Crippen molar-refractivity contribution < 1.29 is 13.9 Å². The van der Waals surface area contributed by atoms with Crippen molar-refractivity contribution in [3.63, 3.8) is 0 Å². The van der Waals surface area contributed by atoms with E-state index < -0.39 is 0 Å². The van der Waals surface area contributed by atoms with Crippen molar-refractivity contribution in [2.75, 3.05) is 14.2 Å². The summed E-state index contributed by atoms with van der Waals surface area (Å²) in [6.45, 7) is 1.84. The van der Waals surface area contributed by atoms with Crippen LogP contribution in [0.25, 0.3) is 22.3 Å². The monoisotopic (exact) mass is 364 g/mol. The first-order valence-electron chi connectivity index (χ1n) is 7.11. The summed E-state index contributed by atoms with van der Waals surface area (Å²) in [5.41, 5.74) is 1.53. The van der Waals surface area contributed by atoms with E-state index in [1.54, 1.807) is 37.4 Å². The third-order valence-electron chi connectivity index (χ3n) is 3.76. The molecule has 2 aromatic carbocycles. The highest BCUT2D eigenvalue weighted by Gasteiger charge is 2.17. The lowest BCUT2D eigenvalue weighted by Crippen LogP contribution is -2.04. The molecule has 1 heterocycles. The molecule has 3 rings (SSSR count). The van der Waals surface area contributed by atoms with Crippen molar-refractivity contribution in [1.82, 2.24) is 0 Å². The molecule has 0 aliphatic heterocycles. The molecule has 0 fully saturated rings. The van der Waals surface area contributed by atoms with Crippen molar-refractivity contribution >= 4 is 34.2 Å². The van der Waals surface area contributed by atoms with Crippen LogP contribution < -0.4 is 14.9 Å². The van der Waals surface area contributed by atoms with Crippen LogP contribution in [-0.4, -0.2) is 14.2 Å². The zero-order valence-corrected chi connectivity index (χ0v) is 14.8. The second-order valence-electron chi connectivity index (χ2n) is 5.24. The third kappa shape index (κ3) is 2.72. The van der Waals surface area contributed by atoms with Gasteiger partial charge in [-0.2, -0.15) is 0 Å². The molecule has 3 aromatic rings. The Bertz CT molecular complexity index is 992. The first kappa shape index (κ1) is 16.7. The molecule has 6 heteroatoms. The molecular formula is C18H14Cl2O4. The lowest BCUT2D eigenvalue weighted by molar-refractivity contribution is 0.355. The summed E-state index contributed by atoms with van der Waals surface area (Å²) < 4.78 is 16.4. The van der Waals surface area contributed by atoms with Gasteiger partial charge in [-0.3, -0.25) is 4.79 Å². The molecule has 124 valence electrons. The molecule has 0 atom stereocenters. The summed E-state index contributed by atoms with van der Waals surface area (Å²) in [6, 6.07) is 8.47. The van der Waals surface area contributed by atoms with Crippen LogP contribution >= 0.6 is 23.2 Å². The number of rotatable bonds is 3. The van der Waals surface area contributed by atoms with E-state index in [9.17, 15) is 4.79 Å². The maximum atomic E-state index is 12.6. The van der Waals surface area contributed by atoms with Crippen molar-refractivity contribution in [3.8, 4) is 22.8 Å². The van der Waals surface area contributed by atoms with Crippen LogP contribution in [0.2, 0.25) is 10.0 Å². The Morgan fingerprint density at radius 2 is 1.71 bits per heavy atom. The van der Waals surface area contributed by atoms with Crippen LogP contribution in [0.1, 0.15) is 5.56 Å². The molecule has 0 aliphatic carbocycles. The van der Waals surface area contributed by atoms with E-state index in [0.29, 0.717) is 33.1 Å². The maximum Gasteiger partial charge on any atom is 0.211 e. The largest absolute Gasteiger partial charge is 0.493 e. The van der Waals surface area contributed by atoms with Gasteiger partial charge in [0, 0.05) is 10.6 Å². The maximum absolute atomic E-state index is 12.6. The van der Waals surface area contributed by atoms with E-state index in [-0.39, 0.29) is 16.2 Å². The van der Waals surface area contributed by atoms with Crippen molar-refractivity contribution in [1.29, 1.82) is 0 Å². The van der Waals surface area contributed by atoms with E-state index in [2.05, 4.69) is 0 Å². The van der Waals surface area contributed by atoms with Crippen molar-refractivity contribution in [3.05, 3.63) is 56.2 Å². The summed E-state index contributed by atoms with van der Waals surface area (Å²) in [5.74, 6) is 1.36. The molecule has 0 bridgehead atoms. The first-order valence-corrected chi connectivity index (χ1v) is 7.86. The van der Waals surface area contributed by atoms with Gasteiger partial charge in [-0.25, -0.2) is 0 Å². The van der Waals surface area contributed by atoms with Gasteiger partial charge < -0.3 is 13.9 Å². The second-order valence-corrected chi connectivity index (χ2v) is 6.03. The molecule has 0 N–H and O–H groups in total. The van der Waals surface area contributed by atoms with Gasteiger partial charge in [0.1, 0.15) is 10.6 Å². The molecule has 0 saturated heterocycles. The molecule has 1 aromatic heterocycles. The highest BCUT2D eigenvalue weighted by molar-refractivity contribution is 6.34. The predicted octanol–water partition coefficient (Wildman–Crippen LogP) is 5.09. The Morgan fingerprint density at radius 3 is 2.38 bits per heavy atom. The fraction of sp³-hybridized carbons (Fsp3) is 0.167. The zero-order valence-electron chi connectivity index (χ0n) is 13.3. The number of benzene rings is 2. The normalized spacial score (nSPS) is 10.9. The minimum atomic E-state index is -0.329. The number of halogens is 2.